The molecule has 2 N–H and O–H groups in total. The zero-order chi connectivity index (χ0) is 17.5. The van der Waals surface area contributed by atoms with Crippen molar-refractivity contribution in [2.45, 2.75) is 46.1 Å². The van der Waals surface area contributed by atoms with Crippen LogP contribution >= 0.6 is 0 Å². The summed E-state index contributed by atoms with van der Waals surface area (Å²) in [6, 6.07) is 12.3. The van der Waals surface area contributed by atoms with E-state index in [4.69, 9.17) is 4.74 Å². The summed E-state index contributed by atoms with van der Waals surface area (Å²) in [6.07, 6.45) is 1.26. The molecule has 0 saturated heterocycles. The molecule has 3 heteroatoms. The fourth-order valence-corrected chi connectivity index (χ4v) is 3.08. The first kappa shape index (κ1) is 18.5. The van der Waals surface area contributed by atoms with Crippen molar-refractivity contribution >= 4 is 0 Å². The number of hydrogen-bond acceptors (Lipinski definition) is 3. The van der Waals surface area contributed by atoms with E-state index in [1.54, 1.807) is 0 Å². The number of aliphatic hydroxyl groups is 2. The van der Waals surface area contributed by atoms with Gasteiger partial charge in [0.2, 0.25) is 0 Å². The Morgan fingerprint density at radius 3 is 2.12 bits per heavy atom. The molecule has 24 heavy (non-hydrogen) atoms. The van der Waals surface area contributed by atoms with Crippen LogP contribution in [-0.4, -0.2) is 23.4 Å². The van der Waals surface area contributed by atoms with Crippen molar-refractivity contribution in [3.63, 3.8) is 0 Å². The van der Waals surface area contributed by atoms with Crippen molar-refractivity contribution in [3.8, 4) is 5.75 Å². The summed E-state index contributed by atoms with van der Waals surface area (Å²) in [5.74, 6) is 0.998. The Balaban J connectivity index is 2.37. The summed E-state index contributed by atoms with van der Waals surface area (Å²) in [5, 5.41) is 18.8. The highest BCUT2D eigenvalue weighted by molar-refractivity contribution is 5.50. The maximum Gasteiger partial charge on any atom is 0.126 e. The van der Waals surface area contributed by atoms with Crippen LogP contribution in [0.15, 0.2) is 36.4 Å². The van der Waals surface area contributed by atoms with E-state index in [1.807, 2.05) is 18.2 Å². The molecule has 2 rings (SSSR count). The van der Waals surface area contributed by atoms with Gasteiger partial charge in [0.25, 0.3) is 0 Å². The van der Waals surface area contributed by atoms with Gasteiger partial charge in [0.05, 0.1) is 0 Å². The first-order valence-corrected chi connectivity index (χ1v) is 8.57. The molecular weight excluding hydrogens is 300 g/mol. The molecule has 0 bridgehead atoms. The van der Waals surface area contributed by atoms with Gasteiger partial charge in [-0.05, 0) is 67.3 Å². The number of benzene rings is 2. The third kappa shape index (κ3) is 4.37. The van der Waals surface area contributed by atoms with Crippen molar-refractivity contribution in [2.75, 3.05) is 13.2 Å². The van der Waals surface area contributed by atoms with Crippen LogP contribution in [0.25, 0.3) is 0 Å². The topological polar surface area (TPSA) is 49.7 Å². The Morgan fingerprint density at radius 2 is 1.54 bits per heavy atom. The highest BCUT2D eigenvalue weighted by Gasteiger charge is 2.20. The second kappa shape index (κ2) is 8.86. The Morgan fingerprint density at radius 1 is 0.917 bits per heavy atom. The van der Waals surface area contributed by atoms with Gasteiger partial charge in [0.15, 0.2) is 0 Å². The Bertz CT molecular complexity index is 644. The lowest BCUT2D eigenvalue weighted by molar-refractivity contribution is 0.237. The molecule has 130 valence electrons. The Labute approximate surface area is 144 Å². The Hall–Kier alpha value is -1.84. The highest BCUT2D eigenvalue weighted by atomic mass is 16.5. The van der Waals surface area contributed by atoms with Crippen LogP contribution in [0.5, 0.6) is 5.75 Å². The number of hydrogen-bond donors (Lipinski definition) is 2. The second-order valence-corrected chi connectivity index (χ2v) is 6.36. The van der Waals surface area contributed by atoms with Gasteiger partial charge in [-0.1, -0.05) is 36.4 Å². The van der Waals surface area contributed by atoms with E-state index in [-0.39, 0.29) is 19.1 Å². The fourth-order valence-electron chi connectivity index (χ4n) is 3.08. The molecule has 3 nitrogen and oxygen atoms in total. The van der Waals surface area contributed by atoms with E-state index < -0.39 is 0 Å². The number of rotatable bonds is 8. The molecule has 0 spiro atoms. The summed E-state index contributed by atoms with van der Waals surface area (Å²) >= 11 is 0. The van der Waals surface area contributed by atoms with E-state index >= 15 is 0 Å². The number of aliphatic hydroxyl groups excluding tert-OH is 2. The lowest BCUT2D eigenvalue weighted by atomic mass is 9.87. The molecule has 0 aliphatic rings. The van der Waals surface area contributed by atoms with Gasteiger partial charge in [-0.2, -0.15) is 0 Å². The summed E-state index contributed by atoms with van der Waals surface area (Å²) in [7, 11) is 0. The van der Waals surface area contributed by atoms with Gasteiger partial charge in [0.1, 0.15) is 12.4 Å². The third-order valence-electron chi connectivity index (χ3n) is 4.75. The fraction of sp³-hybridized carbons (Fsp3) is 0.429. The predicted octanol–water partition coefficient (Wildman–Crippen LogP) is 4.04. The molecule has 2 aromatic rings. The Kier molecular flexibility index (Phi) is 6.83. The van der Waals surface area contributed by atoms with E-state index in [0.29, 0.717) is 19.4 Å². The molecule has 0 atom stereocenters. The zero-order valence-corrected chi connectivity index (χ0v) is 14.9. The van der Waals surface area contributed by atoms with Crippen molar-refractivity contribution in [1.29, 1.82) is 0 Å². The molecule has 0 unspecified atom stereocenters. The van der Waals surface area contributed by atoms with Crippen molar-refractivity contribution in [2.24, 2.45) is 0 Å². The molecule has 0 aliphatic carbocycles. The highest BCUT2D eigenvalue weighted by Crippen LogP contribution is 2.37. The monoisotopic (exact) mass is 328 g/mol. The first-order chi connectivity index (χ1) is 11.6. The quantitative estimate of drug-likeness (QED) is 0.769. The standard InChI is InChI=1S/C21H28O3/c1-15-13-20(19(9-11-22)10-12-23)21(17(3)16(15)2)24-14-18-7-5-4-6-8-18/h4-8,13,19,22-23H,9-12,14H2,1-3H3. The molecule has 0 aliphatic heterocycles. The predicted molar refractivity (Wildman–Crippen MR) is 97.6 cm³/mol. The van der Waals surface area contributed by atoms with Crippen LogP contribution in [0.4, 0.5) is 0 Å². The van der Waals surface area contributed by atoms with Crippen LogP contribution in [0.1, 0.15) is 46.6 Å². The van der Waals surface area contributed by atoms with Gasteiger partial charge in [0, 0.05) is 13.2 Å². The molecule has 0 radical (unpaired) electrons. The van der Waals surface area contributed by atoms with Gasteiger partial charge >= 0.3 is 0 Å². The second-order valence-electron chi connectivity index (χ2n) is 6.36. The van der Waals surface area contributed by atoms with E-state index in [9.17, 15) is 10.2 Å². The molecule has 0 saturated carbocycles. The van der Waals surface area contributed by atoms with E-state index in [1.165, 1.54) is 11.1 Å². The minimum Gasteiger partial charge on any atom is -0.488 e. The zero-order valence-electron chi connectivity index (χ0n) is 14.9. The van der Waals surface area contributed by atoms with Crippen molar-refractivity contribution in [1.82, 2.24) is 0 Å². The van der Waals surface area contributed by atoms with Crippen LogP contribution < -0.4 is 4.74 Å². The lowest BCUT2D eigenvalue weighted by Gasteiger charge is -2.23. The maximum absolute atomic E-state index is 9.39. The molecule has 0 fully saturated rings. The average Bonchev–Trinajstić information content (AvgIpc) is 2.59. The molecule has 2 aromatic carbocycles. The summed E-state index contributed by atoms with van der Waals surface area (Å²) in [4.78, 5) is 0. The van der Waals surface area contributed by atoms with Crippen LogP contribution in [0.3, 0.4) is 0 Å². The average molecular weight is 328 g/mol. The van der Waals surface area contributed by atoms with E-state index in [0.717, 1.165) is 22.4 Å². The first-order valence-electron chi connectivity index (χ1n) is 8.57. The largest absolute Gasteiger partial charge is 0.488 e. The normalized spacial score (nSPS) is 11.1. The lowest BCUT2D eigenvalue weighted by Crippen LogP contribution is -2.10. The number of ether oxygens (including phenoxy) is 1. The molecular formula is C21H28O3. The van der Waals surface area contributed by atoms with Crippen LogP contribution in [0, 0.1) is 20.8 Å². The van der Waals surface area contributed by atoms with Gasteiger partial charge in [-0.3, -0.25) is 0 Å². The van der Waals surface area contributed by atoms with Gasteiger partial charge in [-0.15, -0.1) is 0 Å². The summed E-state index contributed by atoms with van der Waals surface area (Å²) in [6.45, 7) is 7.02. The van der Waals surface area contributed by atoms with E-state index in [2.05, 4.69) is 39.0 Å². The third-order valence-corrected chi connectivity index (χ3v) is 4.75. The van der Waals surface area contributed by atoms with Gasteiger partial charge < -0.3 is 14.9 Å². The minimum atomic E-state index is 0.101. The number of aryl methyl sites for hydroxylation is 1. The summed E-state index contributed by atoms with van der Waals surface area (Å²) < 4.78 is 6.20. The molecule has 0 aromatic heterocycles. The van der Waals surface area contributed by atoms with Gasteiger partial charge in [-0.25, -0.2) is 0 Å². The smallest absolute Gasteiger partial charge is 0.126 e. The van der Waals surface area contributed by atoms with Crippen molar-refractivity contribution < 1.29 is 14.9 Å². The summed E-state index contributed by atoms with van der Waals surface area (Å²) in [5.41, 5.74) is 5.81. The SMILES string of the molecule is Cc1cc(C(CCO)CCO)c(OCc2ccccc2)c(C)c1C. The van der Waals surface area contributed by atoms with Crippen LogP contribution in [0.2, 0.25) is 0 Å². The van der Waals surface area contributed by atoms with Crippen molar-refractivity contribution in [3.05, 3.63) is 64.2 Å². The molecule has 0 heterocycles. The minimum absolute atomic E-state index is 0.101. The maximum atomic E-state index is 9.39. The van der Waals surface area contributed by atoms with Crippen LogP contribution in [-0.2, 0) is 6.61 Å². The molecule has 0 amide bonds.